The average molecular weight is 429 g/mol. The van der Waals surface area contributed by atoms with Crippen LogP contribution in [0.25, 0.3) is 0 Å². The third-order valence-corrected chi connectivity index (χ3v) is 6.90. The highest BCUT2D eigenvalue weighted by molar-refractivity contribution is 5.20. The highest BCUT2D eigenvalue weighted by atomic mass is 127. The molecule has 0 aliphatic carbocycles. The Labute approximate surface area is 148 Å². The molecule has 0 spiro atoms. The number of halogens is 3. The molecule has 0 saturated heterocycles. The zero-order chi connectivity index (χ0) is 16.7. The minimum absolute atomic E-state index is 0.546. The first-order valence-electron chi connectivity index (χ1n) is 8.28. The van der Waals surface area contributed by atoms with Crippen molar-refractivity contribution in [2.24, 2.45) is 0 Å². The molecule has 0 N–H and O–H groups in total. The number of hydrogen-bond donors (Lipinski definition) is 0. The summed E-state index contributed by atoms with van der Waals surface area (Å²) in [5, 5.41) is 0. The largest absolute Gasteiger partial charge is 0.358 e. The van der Waals surface area contributed by atoms with Gasteiger partial charge in [-0.3, -0.25) is 0 Å². The van der Waals surface area contributed by atoms with E-state index in [-0.39, 0.29) is 0 Å². The second kappa shape index (κ2) is 9.36. The van der Waals surface area contributed by atoms with Crippen molar-refractivity contribution in [1.29, 1.82) is 0 Å². The first kappa shape index (κ1) is 18.4. The maximum absolute atomic E-state index is 14.4. The topological polar surface area (TPSA) is 0 Å². The van der Waals surface area contributed by atoms with Gasteiger partial charge in [0.15, 0.2) is 0 Å². The highest BCUT2D eigenvalue weighted by Gasteiger charge is 2.28. The van der Waals surface area contributed by atoms with Crippen molar-refractivity contribution in [2.45, 2.75) is 51.9 Å². The lowest BCUT2D eigenvalue weighted by Crippen LogP contribution is -3.62. The summed E-state index contributed by atoms with van der Waals surface area (Å²) in [5.74, 6) is 0. The third-order valence-electron chi connectivity index (χ3n) is 3.77. The average Bonchev–Trinajstić information content (AvgIpc) is 2.56. The SMILES string of the molecule is CCCC(F)c1ccccc1[I+]c1ccccc1C(F)CCC. The van der Waals surface area contributed by atoms with Gasteiger partial charge in [0.05, 0.1) is 0 Å². The standard InChI is InChI=1S/C20H24F2I/c1-3-9-17(21)15-11-5-7-13-19(15)23-20-14-8-6-12-16(20)18(22)10-4-2/h5-8,11-14,17-18H,3-4,9-10H2,1-2H3/q+1. The second-order valence-electron chi connectivity index (χ2n) is 5.65. The van der Waals surface area contributed by atoms with Gasteiger partial charge in [-0.05, 0) is 25.0 Å². The van der Waals surface area contributed by atoms with Crippen LogP contribution in [0.15, 0.2) is 48.5 Å². The molecule has 23 heavy (non-hydrogen) atoms. The maximum Gasteiger partial charge on any atom is 0.358 e. The Hall–Kier alpha value is -0.970. The van der Waals surface area contributed by atoms with Crippen molar-refractivity contribution in [2.75, 3.05) is 0 Å². The minimum Gasteiger partial charge on any atom is -0.242 e. The Morgan fingerprint density at radius 3 is 1.52 bits per heavy atom. The van der Waals surface area contributed by atoms with Crippen LogP contribution in [0.4, 0.5) is 8.78 Å². The zero-order valence-electron chi connectivity index (χ0n) is 13.7. The molecule has 3 heteroatoms. The summed E-state index contributed by atoms with van der Waals surface area (Å²) in [5.41, 5.74) is 1.59. The Balaban J connectivity index is 2.30. The molecule has 2 aromatic rings. The molecule has 0 aromatic heterocycles. The molecule has 2 rings (SSSR count). The van der Waals surface area contributed by atoms with E-state index >= 15 is 0 Å². The van der Waals surface area contributed by atoms with Gasteiger partial charge in [-0.1, -0.05) is 63.1 Å². The van der Waals surface area contributed by atoms with Crippen molar-refractivity contribution >= 4 is 0 Å². The molecule has 2 atom stereocenters. The number of benzene rings is 2. The van der Waals surface area contributed by atoms with E-state index in [1.165, 1.54) is 0 Å². The highest BCUT2D eigenvalue weighted by Crippen LogP contribution is 2.23. The molecule has 0 radical (unpaired) electrons. The molecule has 0 amide bonds. The van der Waals surface area contributed by atoms with Crippen LogP contribution in [0.5, 0.6) is 0 Å². The van der Waals surface area contributed by atoms with E-state index in [9.17, 15) is 8.78 Å². The van der Waals surface area contributed by atoms with Gasteiger partial charge < -0.3 is 0 Å². The predicted octanol–water partition coefficient (Wildman–Crippen LogP) is 3.44. The smallest absolute Gasteiger partial charge is 0.242 e. The summed E-state index contributed by atoms with van der Waals surface area (Å²) in [4.78, 5) is 0. The summed E-state index contributed by atoms with van der Waals surface area (Å²) >= 11 is -0.585. The lowest BCUT2D eigenvalue weighted by Gasteiger charge is -2.08. The molecule has 124 valence electrons. The van der Waals surface area contributed by atoms with Crippen LogP contribution < -0.4 is 21.2 Å². The normalized spacial score (nSPS) is 13.7. The van der Waals surface area contributed by atoms with Gasteiger partial charge in [0.2, 0.25) is 7.14 Å². The molecular weight excluding hydrogens is 405 g/mol. The van der Waals surface area contributed by atoms with Crippen molar-refractivity contribution in [3.05, 3.63) is 66.8 Å². The van der Waals surface area contributed by atoms with Crippen LogP contribution in [0.2, 0.25) is 0 Å². The van der Waals surface area contributed by atoms with Crippen molar-refractivity contribution in [3.63, 3.8) is 0 Å². The number of alkyl halides is 2. The first-order valence-corrected chi connectivity index (χ1v) is 10.4. The third kappa shape index (κ3) is 5.00. The molecule has 0 saturated carbocycles. The van der Waals surface area contributed by atoms with Crippen LogP contribution in [0.3, 0.4) is 0 Å². The quantitative estimate of drug-likeness (QED) is 0.565. The van der Waals surface area contributed by atoms with E-state index in [1.54, 1.807) is 0 Å². The van der Waals surface area contributed by atoms with Crippen LogP contribution in [-0.4, -0.2) is 0 Å². The van der Waals surface area contributed by atoms with Crippen LogP contribution in [0, 0.1) is 7.14 Å². The monoisotopic (exact) mass is 429 g/mol. The fourth-order valence-corrected chi connectivity index (χ4v) is 5.62. The van der Waals surface area contributed by atoms with E-state index in [0.717, 1.165) is 31.1 Å². The van der Waals surface area contributed by atoms with Gasteiger partial charge in [0.25, 0.3) is 0 Å². The lowest BCUT2D eigenvalue weighted by atomic mass is 10.1. The van der Waals surface area contributed by atoms with Gasteiger partial charge in [-0.25, -0.2) is 8.78 Å². The van der Waals surface area contributed by atoms with E-state index in [1.807, 2.05) is 62.4 Å². The van der Waals surface area contributed by atoms with Gasteiger partial charge in [-0.2, -0.15) is 0 Å². The fraction of sp³-hybridized carbons (Fsp3) is 0.400. The molecule has 0 nitrogen and oxygen atoms in total. The molecule has 0 fully saturated rings. The fourth-order valence-electron chi connectivity index (χ4n) is 2.56. The van der Waals surface area contributed by atoms with Gasteiger partial charge >= 0.3 is 21.2 Å². The molecule has 2 aromatic carbocycles. The molecule has 2 unspecified atom stereocenters. The van der Waals surface area contributed by atoms with Crippen LogP contribution in [0.1, 0.15) is 63.0 Å². The first-order chi connectivity index (χ1) is 11.2. The van der Waals surface area contributed by atoms with Crippen molar-refractivity contribution in [3.8, 4) is 0 Å². The Morgan fingerprint density at radius 1 is 0.739 bits per heavy atom. The van der Waals surface area contributed by atoms with E-state index in [4.69, 9.17) is 0 Å². The Morgan fingerprint density at radius 2 is 1.13 bits per heavy atom. The van der Waals surface area contributed by atoms with Crippen molar-refractivity contribution in [1.82, 2.24) is 0 Å². The summed E-state index contributed by atoms with van der Waals surface area (Å²) in [7, 11) is 0. The molecule has 0 aliphatic rings. The van der Waals surface area contributed by atoms with Gasteiger partial charge in [-0.15, -0.1) is 0 Å². The molecule has 0 aliphatic heterocycles. The van der Waals surface area contributed by atoms with E-state index < -0.39 is 33.5 Å². The molecule has 0 heterocycles. The molecular formula is C20H24F2I+. The number of hydrogen-bond acceptors (Lipinski definition) is 0. The van der Waals surface area contributed by atoms with Crippen molar-refractivity contribution < 1.29 is 30.0 Å². The summed E-state index contributed by atoms with van der Waals surface area (Å²) < 4.78 is 31.0. The maximum atomic E-state index is 14.4. The minimum atomic E-state index is -0.917. The van der Waals surface area contributed by atoms with E-state index in [2.05, 4.69) is 0 Å². The van der Waals surface area contributed by atoms with Crippen LogP contribution in [-0.2, 0) is 0 Å². The number of rotatable bonds is 8. The second-order valence-corrected chi connectivity index (χ2v) is 8.51. The summed E-state index contributed by atoms with van der Waals surface area (Å²) in [6.07, 6.45) is 0.911. The summed E-state index contributed by atoms with van der Waals surface area (Å²) in [6, 6.07) is 15.5. The summed E-state index contributed by atoms with van der Waals surface area (Å²) in [6.45, 7) is 4.00. The predicted molar refractivity (Wildman–Crippen MR) is 87.8 cm³/mol. The van der Waals surface area contributed by atoms with E-state index in [0.29, 0.717) is 12.8 Å². The van der Waals surface area contributed by atoms with Gasteiger partial charge in [0.1, 0.15) is 12.3 Å². The van der Waals surface area contributed by atoms with Crippen LogP contribution >= 0.6 is 0 Å². The zero-order valence-corrected chi connectivity index (χ0v) is 15.9. The Bertz CT molecular complexity index is 559. The molecule has 0 bridgehead atoms. The lowest BCUT2D eigenvalue weighted by molar-refractivity contribution is -0.599. The van der Waals surface area contributed by atoms with Gasteiger partial charge in [0, 0.05) is 11.1 Å². The Kier molecular flexibility index (Phi) is 7.47.